The maximum absolute atomic E-state index is 10.8. The van der Waals surface area contributed by atoms with Crippen LogP contribution in [-0.2, 0) is 17.3 Å². The summed E-state index contributed by atoms with van der Waals surface area (Å²) >= 11 is 0. The number of benzene rings is 3. The van der Waals surface area contributed by atoms with Crippen molar-refractivity contribution in [2.45, 2.75) is 72.6 Å². The number of carbonyl (C=O) groups is 2. The van der Waals surface area contributed by atoms with Gasteiger partial charge in [0.15, 0.2) is 0 Å². The molecule has 0 spiro atoms. The number of hydrogen-bond acceptors (Lipinski definition) is 4. The van der Waals surface area contributed by atoms with E-state index in [-0.39, 0.29) is 22.0 Å². The molecule has 3 aromatic carbocycles. The van der Waals surface area contributed by atoms with E-state index >= 15 is 0 Å². The molecule has 0 fully saturated rings. The van der Waals surface area contributed by atoms with Crippen LogP contribution in [0.4, 0.5) is 0 Å². The summed E-state index contributed by atoms with van der Waals surface area (Å²) in [7, 11) is 0. The quantitative estimate of drug-likeness (QED) is 0.303. The van der Waals surface area contributed by atoms with E-state index in [9.17, 15) is 19.8 Å². The Balaban J connectivity index is 0.000000335. The van der Waals surface area contributed by atoms with Crippen LogP contribution in [-0.4, -0.2) is 32.4 Å². The molecule has 6 nitrogen and oxygen atoms in total. The zero-order chi connectivity index (χ0) is 28.3. The van der Waals surface area contributed by atoms with Crippen molar-refractivity contribution in [1.29, 1.82) is 0 Å². The van der Waals surface area contributed by atoms with Gasteiger partial charge in [-0.2, -0.15) is 0 Å². The van der Waals surface area contributed by atoms with Gasteiger partial charge in [-0.05, 0) is 71.2 Å². The molecule has 0 unspecified atom stereocenters. The van der Waals surface area contributed by atoms with Gasteiger partial charge in [0, 0.05) is 6.42 Å². The highest BCUT2D eigenvalue weighted by Gasteiger charge is 2.24. The molecule has 6 heteroatoms. The first-order valence-electron chi connectivity index (χ1n) is 12.1. The fraction of sp³-hybridized carbons (Fsp3) is 0.355. The molecule has 0 aliphatic carbocycles. The van der Waals surface area contributed by atoms with Crippen molar-refractivity contribution in [3.05, 3.63) is 93.0 Å². The Kier molecular flexibility index (Phi) is 8.81. The van der Waals surface area contributed by atoms with Crippen molar-refractivity contribution in [2.24, 2.45) is 0 Å². The Morgan fingerprint density at radius 2 is 0.919 bits per heavy atom. The maximum Gasteiger partial charge on any atom is 0.335 e. The summed E-state index contributed by atoms with van der Waals surface area (Å²) in [5.41, 5.74) is 5.79. The van der Waals surface area contributed by atoms with Crippen LogP contribution in [0.5, 0.6) is 11.5 Å². The van der Waals surface area contributed by atoms with Gasteiger partial charge in [0.05, 0.1) is 11.1 Å². The molecule has 0 saturated heterocycles. The van der Waals surface area contributed by atoms with E-state index in [0.717, 1.165) is 33.4 Å². The highest BCUT2D eigenvalue weighted by molar-refractivity contribution is 5.91. The smallest absolute Gasteiger partial charge is 0.335 e. The van der Waals surface area contributed by atoms with E-state index in [1.807, 2.05) is 12.1 Å². The summed E-state index contributed by atoms with van der Waals surface area (Å²) in [6.45, 7) is 16.7. The lowest BCUT2D eigenvalue weighted by atomic mass is 9.81. The Morgan fingerprint density at radius 1 is 0.622 bits per heavy atom. The second-order valence-electron chi connectivity index (χ2n) is 11.5. The average Bonchev–Trinajstić information content (AvgIpc) is 2.77. The van der Waals surface area contributed by atoms with Crippen molar-refractivity contribution in [1.82, 2.24) is 0 Å². The summed E-state index contributed by atoms with van der Waals surface area (Å²) in [5, 5.41) is 38.6. The highest BCUT2D eigenvalue weighted by Crippen LogP contribution is 2.39. The second kappa shape index (κ2) is 11.1. The van der Waals surface area contributed by atoms with Gasteiger partial charge in [-0.1, -0.05) is 76.9 Å². The fourth-order valence-electron chi connectivity index (χ4n) is 4.08. The number of phenolic OH excluding ortho intramolecular Hbond substituents is 2. The fourth-order valence-corrected chi connectivity index (χ4v) is 4.08. The molecule has 37 heavy (non-hydrogen) atoms. The summed E-state index contributed by atoms with van der Waals surface area (Å²) in [4.78, 5) is 20.7. The zero-order valence-corrected chi connectivity index (χ0v) is 22.9. The molecular weight excluding hydrogens is 468 g/mol. The number of aromatic carboxylic acids is 2. The molecule has 0 heterocycles. The number of aromatic hydroxyl groups is 2. The van der Waals surface area contributed by atoms with Gasteiger partial charge >= 0.3 is 11.9 Å². The number of phenols is 2. The predicted octanol–water partition coefficient (Wildman–Crippen LogP) is 6.98. The van der Waals surface area contributed by atoms with Gasteiger partial charge in [-0.3, -0.25) is 0 Å². The predicted molar refractivity (Wildman–Crippen MR) is 146 cm³/mol. The normalized spacial score (nSPS) is 11.5. The first kappa shape index (κ1) is 29.4. The number of carboxylic acids is 2. The van der Waals surface area contributed by atoms with E-state index in [0.29, 0.717) is 17.9 Å². The van der Waals surface area contributed by atoms with E-state index in [1.54, 1.807) is 0 Å². The van der Waals surface area contributed by atoms with E-state index in [2.05, 4.69) is 67.5 Å². The standard InChI is InChI=1S/C23H32O2.C8H6O4/c1-14-9-16(20(24)18(11-14)22(3,4)5)13-17-10-15(2)12-19(21(17)25)23(6,7)8;9-7(10)5-1-2-6(4-3-5)8(11)12/h9-12,24-25H,13H2,1-8H3;1-4H,(H,9,10)(H,11,12). The molecule has 0 aliphatic rings. The summed E-state index contributed by atoms with van der Waals surface area (Å²) < 4.78 is 0. The third-order valence-corrected chi connectivity index (χ3v) is 6.04. The van der Waals surface area contributed by atoms with Crippen molar-refractivity contribution < 1.29 is 30.0 Å². The third kappa shape index (κ3) is 7.59. The summed E-state index contributed by atoms with van der Waals surface area (Å²) in [6.07, 6.45) is 0.521. The van der Waals surface area contributed by atoms with Crippen LogP contribution in [0, 0.1) is 13.8 Å². The van der Waals surface area contributed by atoms with Gasteiger partial charge in [0.25, 0.3) is 0 Å². The molecule has 0 atom stereocenters. The zero-order valence-electron chi connectivity index (χ0n) is 22.9. The van der Waals surface area contributed by atoms with Crippen molar-refractivity contribution in [3.63, 3.8) is 0 Å². The maximum atomic E-state index is 10.8. The molecule has 3 rings (SSSR count). The number of aryl methyl sites for hydroxylation is 2. The van der Waals surface area contributed by atoms with Gasteiger partial charge in [-0.25, -0.2) is 9.59 Å². The van der Waals surface area contributed by atoms with E-state index < -0.39 is 11.9 Å². The SMILES string of the molecule is Cc1cc(Cc2cc(C)cc(C(C)(C)C)c2O)c(O)c(C(C)(C)C)c1.O=C(O)c1ccc(C(=O)O)cc1. The Hall–Kier alpha value is -3.80. The van der Waals surface area contributed by atoms with Crippen LogP contribution in [0.2, 0.25) is 0 Å². The molecule has 0 aliphatic heterocycles. The first-order valence-corrected chi connectivity index (χ1v) is 12.1. The Bertz CT molecular complexity index is 1190. The van der Waals surface area contributed by atoms with Crippen LogP contribution in [0.1, 0.15) is 95.6 Å². The molecule has 0 bridgehead atoms. The van der Waals surface area contributed by atoms with Gasteiger partial charge < -0.3 is 20.4 Å². The van der Waals surface area contributed by atoms with Crippen molar-refractivity contribution >= 4 is 11.9 Å². The Morgan fingerprint density at radius 3 is 1.16 bits per heavy atom. The number of hydrogen-bond donors (Lipinski definition) is 4. The molecule has 3 aromatic rings. The van der Waals surface area contributed by atoms with Crippen LogP contribution >= 0.6 is 0 Å². The largest absolute Gasteiger partial charge is 0.507 e. The number of rotatable bonds is 4. The van der Waals surface area contributed by atoms with Gasteiger partial charge in [0.2, 0.25) is 0 Å². The second-order valence-corrected chi connectivity index (χ2v) is 11.5. The van der Waals surface area contributed by atoms with Gasteiger partial charge in [0.1, 0.15) is 11.5 Å². The minimum absolute atomic E-state index is 0.0833. The molecule has 0 saturated carbocycles. The van der Waals surface area contributed by atoms with Crippen LogP contribution in [0.25, 0.3) is 0 Å². The molecular formula is C31H38O6. The van der Waals surface area contributed by atoms with Crippen molar-refractivity contribution in [3.8, 4) is 11.5 Å². The lowest BCUT2D eigenvalue weighted by Gasteiger charge is -2.25. The average molecular weight is 507 g/mol. The topological polar surface area (TPSA) is 115 Å². The van der Waals surface area contributed by atoms with Crippen LogP contribution < -0.4 is 0 Å². The van der Waals surface area contributed by atoms with Crippen molar-refractivity contribution in [2.75, 3.05) is 0 Å². The van der Waals surface area contributed by atoms with Crippen LogP contribution in [0.15, 0.2) is 48.5 Å². The third-order valence-electron chi connectivity index (χ3n) is 6.04. The van der Waals surface area contributed by atoms with E-state index in [1.165, 1.54) is 24.3 Å². The lowest BCUT2D eigenvalue weighted by Crippen LogP contribution is -2.14. The van der Waals surface area contributed by atoms with E-state index in [4.69, 9.17) is 10.2 Å². The minimum Gasteiger partial charge on any atom is -0.507 e. The first-order chi connectivity index (χ1) is 16.9. The number of carboxylic acid groups (broad SMARTS) is 2. The molecule has 0 aromatic heterocycles. The molecule has 0 radical (unpaired) electrons. The van der Waals surface area contributed by atoms with Gasteiger partial charge in [-0.15, -0.1) is 0 Å². The molecule has 198 valence electrons. The highest BCUT2D eigenvalue weighted by atomic mass is 16.4. The lowest BCUT2D eigenvalue weighted by molar-refractivity contribution is 0.0681. The molecule has 4 N–H and O–H groups in total. The van der Waals surface area contributed by atoms with Crippen LogP contribution in [0.3, 0.4) is 0 Å². The Labute approximate surface area is 219 Å². The minimum atomic E-state index is -1.06. The summed E-state index contributed by atoms with van der Waals surface area (Å²) in [6, 6.07) is 13.2. The monoisotopic (exact) mass is 506 g/mol. The summed E-state index contributed by atoms with van der Waals surface area (Å²) in [5.74, 6) is -1.44. The molecule has 0 amide bonds.